The van der Waals surface area contributed by atoms with Crippen LogP contribution in [0.15, 0.2) is 42.5 Å². The molecule has 1 aromatic heterocycles. The second-order valence-electron chi connectivity index (χ2n) is 11.5. The second-order valence-corrected chi connectivity index (χ2v) is 11.9. The Morgan fingerprint density at radius 3 is 2.33 bits per heavy atom. The number of rotatable bonds is 12. The molecule has 0 bridgehead atoms. The van der Waals surface area contributed by atoms with Gasteiger partial charge in [0.25, 0.3) is 5.91 Å². The third-order valence-corrected chi connectivity index (χ3v) is 8.72. The molecular formula is C34H46ClN5O3. The number of hydrogen-bond acceptors (Lipinski definition) is 7. The number of amides is 1. The van der Waals surface area contributed by atoms with Crippen molar-refractivity contribution in [2.24, 2.45) is 0 Å². The second kappa shape index (κ2) is 14.8. The quantitative estimate of drug-likeness (QED) is 0.240. The van der Waals surface area contributed by atoms with Crippen LogP contribution >= 0.6 is 11.6 Å². The lowest BCUT2D eigenvalue weighted by Crippen LogP contribution is -2.42. The number of nitrogens with zero attached hydrogens (tertiary/aromatic N) is 3. The summed E-state index contributed by atoms with van der Waals surface area (Å²) in [5.41, 5.74) is 5.15. The number of nitrogens with one attached hydrogen (secondary N) is 2. The number of aryl methyl sites for hydroxylation is 1. The molecular weight excluding hydrogens is 562 g/mol. The first-order chi connectivity index (χ1) is 20.6. The standard InChI is InChI=1S/C34H46ClN5O3/c1-8-40(27-13-11-26(12-14-27)39(5)6)31-19-25(35)18-29(23(31)3)34(41)37-20-30-32(17-22(2)38-33(30)36-4)43-21-24-9-15-28(42-7)16-10-24/h9-10,15-19,26-27H,8,11-14,20-21H2,1-7H3,(H,36,38)(H,37,41). The van der Waals surface area contributed by atoms with Gasteiger partial charge in [0.2, 0.25) is 0 Å². The summed E-state index contributed by atoms with van der Waals surface area (Å²) in [5, 5.41) is 6.84. The molecule has 2 aromatic carbocycles. The highest BCUT2D eigenvalue weighted by atomic mass is 35.5. The summed E-state index contributed by atoms with van der Waals surface area (Å²) in [6, 6.07) is 14.5. The van der Waals surface area contributed by atoms with Gasteiger partial charge in [-0.25, -0.2) is 4.98 Å². The van der Waals surface area contributed by atoms with Gasteiger partial charge in [0.15, 0.2) is 0 Å². The van der Waals surface area contributed by atoms with Crippen molar-refractivity contribution in [3.8, 4) is 11.5 Å². The summed E-state index contributed by atoms with van der Waals surface area (Å²) >= 11 is 6.64. The van der Waals surface area contributed by atoms with E-state index in [0.29, 0.717) is 40.8 Å². The molecule has 0 saturated heterocycles. The summed E-state index contributed by atoms with van der Waals surface area (Å²) in [6.07, 6.45) is 4.58. The van der Waals surface area contributed by atoms with Gasteiger partial charge in [-0.3, -0.25) is 4.79 Å². The molecule has 0 unspecified atom stereocenters. The molecule has 0 aliphatic heterocycles. The normalized spacial score (nSPS) is 16.6. The Labute approximate surface area is 261 Å². The van der Waals surface area contributed by atoms with E-state index in [0.717, 1.165) is 53.2 Å². The number of hydrogen-bond donors (Lipinski definition) is 2. The van der Waals surface area contributed by atoms with Crippen molar-refractivity contribution in [2.75, 3.05) is 45.0 Å². The van der Waals surface area contributed by atoms with Crippen molar-refractivity contribution < 1.29 is 14.3 Å². The molecule has 0 radical (unpaired) electrons. The van der Waals surface area contributed by atoms with Crippen LogP contribution in [-0.4, -0.2) is 62.7 Å². The molecule has 1 aliphatic rings. The third kappa shape index (κ3) is 7.92. The van der Waals surface area contributed by atoms with Crippen LogP contribution in [0.3, 0.4) is 0 Å². The van der Waals surface area contributed by atoms with Gasteiger partial charge in [0, 0.05) is 53.7 Å². The molecule has 1 fully saturated rings. The van der Waals surface area contributed by atoms with Gasteiger partial charge in [-0.2, -0.15) is 0 Å². The Hall–Kier alpha value is -3.49. The molecule has 1 aliphatic carbocycles. The van der Waals surface area contributed by atoms with Gasteiger partial charge < -0.3 is 29.9 Å². The lowest BCUT2D eigenvalue weighted by Gasteiger charge is -2.40. The number of pyridine rings is 1. The highest BCUT2D eigenvalue weighted by Gasteiger charge is 2.28. The molecule has 1 amide bonds. The largest absolute Gasteiger partial charge is 0.497 e. The van der Waals surface area contributed by atoms with E-state index < -0.39 is 0 Å². The van der Waals surface area contributed by atoms with Crippen molar-refractivity contribution in [1.82, 2.24) is 15.2 Å². The topological polar surface area (TPSA) is 79.0 Å². The van der Waals surface area contributed by atoms with E-state index in [1.165, 1.54) is 12.8 Å². The van der Waals surface area contributed by atoms with Crippen LogP contribution in [0.5, 0.6) is 11.5 Å². The van der Waals surface area contributed by atoms with E-state index in [4.69, 9.17) is 21.1 Å². The summed E-state index contributed by atoms with van der Waals surface area (Å²) in [7, 11) is 7.79. The number of ether oxygens (including phenoxy) is 2. The van der Waals surface area contributed by atoms with Gasteiger partial charge in [0.1, 0.15) is 23.9 Å². The molecule has 1 saturated carbocycles. The molecule has 9 heteroatoms. The first kappa shape index (κ1) is 32.4. The number of carbonyl (C=O) groups is 1. The molecule has 43 heavy (non-hydrogen) atoms. The summed E-state index contributed by atoms with van der Waals surface area (Å²) in [5.74, 6) is 1.95. The fraction of sp³-hybridized carbons (Fsp3) is 0.471. The Kier molecular flexibility index (Phi) is 11.2. The fourth-order valence-electron chi connectivity index (χ4n) is 6.03. The molecule has 1 heterocycles. The van der Waals surface area contributed by atoms with Crippen molar-refractivity contribution in [3.05, 3.63) is 75.4 Å². The van der Waals surface area contributed by atoms with Gasteiger partial charge >= 0.3 is 0 Å². The molecule has 2 N–H and O–H groups in total. The molecule has 232 valence electrons. The van der Waals surface area contributed by atoms with Crippen LogP contribution in [0.2, 0.25) is 5.02 Å². The Morgan fingerprint density at radius 1 is 1.05 bits per heavy atom. The lowest BCUT2D eigenvalue weighted by molar-refractivity contribution is 0.0950. The van der Waals surface area contributed by atoms with Gasteiger partial charge in [-0.05, 0) is 95.9 Å². The average Bonchev–Trinajstić information content (AvgIpc) is 3.01. The van der Waals surface area contributed by atoms with Crippen LogP contribution in [0, 0.1) is 13.8 Å². The maximum Gasteiger partial charge on any atom is 0.251 e. The predicted octanol–water partition coefficient (Wildman–Crippen LogP) is 6.61. The number of methoxy groups -OCH3 is 1. The number of anilines is 2. The monoisotopic (exact) mass is 607 g/mol. The van der Waals surface area contributed by atoms with Crippen molar-refractivity contribution in [3.63, 3.8) is 0 Å². The number of aromatic nitrogens is 1. The summed E-state index contributed by atoms with van der Waals surface area (Å²) < 4.78 is 11.5. The average molecular weight is 608 g/mol. The van der Waals surface area contributed by atoms with E-state index in [-0.39, 0.29) is 12.5 Å². The van der Waals surface area contributed by atoms with Crippen LogP contribution in [0.4, 0.5) is 11.5 Å². The van der Waals surface area contributed by atoms with E-state index >= 15 is 0 Å². The minimum absolute atomic E-state index is 0.183. The maximum atomic E-state index is 13.7. The smallest absolute Gasteiger partial charge is 0.251 e. The van der Waals surface area contributed by atoms with Crippen LogP contribution in [0.1, 0.15) is 65.3 Å². The first-order valence-electron chi connectivity index (χ1n) is 15.1. The van der Waals surface area contributed by atoms with E-state index in [9.17, 15) is 4.79 Å². The summed E-state index contributed by atoms with van der Waals surface area (Å²) in [4.78, 5) is 23.1. The van der Waals surface area contributed by atoms with E-state index in [1.54, 1.807) is 13.2 Å². The van der Waals surface area contributed by atoms with E-state index in [1.807, 2.05) is 57.3 Å². The number of halogens is 1. The number of benzene rings is 2. The Balaban J connectivity index is 1.53. The lowest BCUT2D eigenvalue weighted by atomic mass is 9.89. The molecule has 0 atom stereocenters. The minimum Gasteiger partial charge on any atom is -0.497 e. The molecule has 4 rings (SSSR count). The van der Waals surface area contributed by atoms with Crippen molar-refractivity contribution >= 4 is 29.0 Å². The van der Waals surface area contributed by atoms with Crippen molar-refractivity contribution in [2.45, 2.75) is 71.7 Å². The van der Waals surface area contributed by atoms with Gasteiger partial charge in [-0.15, -0.1) is 0 Å². The zero-order valence-electron chi connectivity index (χ0n) is 26.6. The number of carbonyl (C=O) groups excluding carboxylic acids is 1. The third-order valence-electron chi connectivity index (χ3n) is 8.50. The Morgan fingerprint density at radius 2 is 1.72 bits per heavy atom. The van der Waals surface area contributed by atoms with Crippen LogP contribution in [0.25, 0.3) is 0 Å². The summed E-state index contributed by atoms with van der Waals surface area (Å²) in [6.45, 7) is 7.59. The zero-order chi connectivity index (χ0) is 31.1. The van der Waals surface area contributed by atoms with E-state index in [2.05, 4.69) is 46.4 Å². The van der Waals surface area contributed by atoms with Crippen LogP contribution in [-0.2, 0) is 13.2 Å². The van der Waals surface area contributed by atoms with Gasteiger partial charge in [0.05, 0.1) is 19.2 Å². The van der Waals surface area contributed by atoms with Crippen LogP contribution < -0.4 is 25.0 Å². The highest BCUT2D eigenvalue weighted by molar-refractivity contribution is 6.31. The zero-order valence-corrected chi connectivity index (χ0v) is 27.3. The molecule has 3 aromatic rings. The minimum atomic E-state index is -0.183. The SMILES string of the molecule is CCN(c1cc(Cl)cc(C(=O)NCc2c(OCc3ccc(OC)cc3)cc(C)nc2NC)c1C)C1CCC(N(C)C)CC1. The van der Waals surface area contributed by atoms with Crippen molar-refractivity contribution in [1.29, 1.82) is 0 Å². The molecule has 8 nitrogen and oxygen atoms in total. The highest BCUT2D eigenvalue weighted by Crippen LogP contribution is 2.34. The molecule has 0 spiro atoms. The fourth-order valence-corrected chi connectivity index (χ4v) is 6.25. The first-order valence-corrected chi connectivity index (χ1v) is 15.5. The maximum absolute atomic E-state index is 13.7. The Bertz CT molecular complexity index is 1390. The predicted molar refractivity (Wildman–Crippen MR) is 176 cm³/mol. The van der Waals surface area contributed by atoms with Gasteiger partial charge in [-0.1, -0.05) is 23.7 Å².